The van der Waals surface area contributed by atoms with Crippen LogP contribution >= 0.6 is 0 Å². The smallest absolute Gasteiger partial charge is 0.330 e. The van der Waals surface area contributed by atoms with Crippen LogP contribution in [0.15, 0.2) is 16.2 Å². The minimum Gasteiger partial charge on any atom is -0.393 e. The van der Waals surface area contributed by atoms with Crippen LogP contribution < -0.4 is 21.7 Å². The van der Waals surface area contributed by atoms with Gasteiger partial charge in [-0.25, -0.2) is 4.79 Å². The number of carbonyl (C=O) groups is 2. The number of imidazole rings is 1. The van der Waals surface area contributed by atoms with Crippen LogP contribution in [-0.2, 0) is 16.6 Å². The molecule has 1 aromatic heterocycles. The summed E-state index contributed by atoms with van der Waals surface area (Å²) < 4.78 is 2.89. The first-order valence-electron chi connectivity index (χ1n) is 8.77. The van der Waals surface area contributed by atoms with E-state index in [9.17, 15) is 19.5 Å². The number of fused-ring (bicyclic) bond motifs is 1. The van der Waals surface area contributed by atoms with E-state index < -0.39 is 11.9 Å². The molecule has 2 saturated heterocycles. The number of imide groups is 1. The fourth-order valence-electron chi connectivity index (χ4n) is 3.72. The Balaban J connectivity index is 1.81. The molecule has 2 N–H and O–H groups in total. The average Bonchev–Trinajstić information content (AvgIpc) is 2.87. The van der Waals surface area contributed by atoms with Crippen molar-refractivity contribution in [1.29, 1.82) is 0 Å². The Kier molecular flexibility index (Phi) is 3.96. The number of hydrogen-bond acceptors (Lipinski definition) is 5. The van der Waals surface area contributed by atoms with E-state index in [1.807, 2.05) is 6.08 Å². The molecule has 26 heavy (non-hydrogen) atoms. The molecule has 8 heteroatoms. The summed E-state index contributed by atoms with van der Waals surface area (Å²) in [6.07, 6.45) is 3.50. The quantitative estimate of drug-likeness (QED) is 0.465. The minimum atomic E-state index is -0.718. The lowest BCUT2D eigenvalue weighted by atomic mass is 10.1. The van der Waals surface area contributed by atoms with Crippen molar-refractivity contribution in [1.82, 2.24) is 19.4 Å². The number of carbonyl (C=O) groups excluding carboxylic acids is 2. The highest BCUT2D eigenvalue weighted by molar-refractivity contribution is 5.99. The molecule has 1 atom stereocenters. The van der Waals surface area contributed by atoms with E-state index in [0.29, 0.717) is 30.0 Å². The highest BCUT2D eigenvalue weighted by Crippen LogP contribution is 2.17. The van der Waals surface area contributed by atoms with Crippen molar-refractivity contribution in [3.63, 3.8) is 0 Å². The molecule has 3 heterocycles. The van der Waals surface area contributed by atoms with Crippen LogP contribution in [0, 0.1) is 0 Å². The lowest BCUT2D eigenvalue weighted by Gasteiger charge is -2.31. The Hall–Kier alpha value is -2.79. The monoisotopic (exact) mass is 356 g/mol. The molecule has 0 aromatic carbocycles. The zero-order chi connectivity index (χ0) is 18.4. The van der Waals surface area contributed by atoms with Gasteiger partial charge in [-0.05, 0) is 36.8 Å². The van der Waals surface area contributed by atoms with Crippen molar-refractivity contribution in [2.24, 2.45) is 7.05 Å². The van der Waals surface area contributed by atoms with Crippen LogP contribution in [0.1, 0.15) is 31.7 Å². The van der Waals surface area contributed by atoms with E-state index in [4.69, 9.17) is 0 Å². The van der Waals surface area contributed by atoms with E-state index in [1.165, 1.54) is 9.13 Å². The van der Waals surface area contributed by atoms with Gasteiger partial charge in [0, 0.05) is 26.6 Å². The van der Waals surface area contributed by atoms with Gasteiger partial charge in [-0.1, -0.05) is 0 Å². The van der Waals surface area contributed by atoms with E-state index >= 15 is 0 Å². The van der Waals surface area contributed by atoms with Crippen LogP contribution in [-0.4, -0.2) is 50.1 Å². The molecular weight excluding hydrogens is 336 g/mol. The molecule has 1 aliphatic carbocycles. The fourth-order valence-corrected chi connectivity index (χ4v) is 3.72. The maximum Gasteiger partial charge on any atom is 0.330 e. The van der Waals surface area contributed by atoms with Gasteiger partial charge in [0.2, 0.25) is 11.8 Å². The number of nitrogens with zero attached hydrogens (tertiary/aromatic N) is 3. The first-order valence-corrected chi connectivity index (χ1v) is 8.77. The SMILES string of the molecule is Cn1c2c(n(C3CCC(=O)NC3=O)c1=O)=C=C=C(N1CCC(O)CC1)C=2. The van der Waals surface area contributed by atoms with Gasteiger partial charge >= 0.3 is 5.69 Å². The van der Waals surface area contributed by atoms with Crippen molar-refractivity contribution < 1.29 is 14.7 Å². The number of hydrogen-bond donors (Lipinski definition) is 2. The summed E-state index contributed by atoms with van der Waals surface area (Å²) in [5, 5.41) is 13.1. The van der Waals surface area contributed by atoms with Crippen LogP contribution in [0.5, 0.6) is 0 Å². The number of amides is 2. The summed E-state index contributed by atoms with van der Waals surface area (Å²) in [4.78, 5) is 38.4. The fraction of sp³-hybridized carbons (Fsp3) is 0.500. The average molecular weight is 356 g/mol. The topological polar surface area (TPSA) is 96.6 Å². The number of allylic oxidation sites excluding steroid dienone is 1. The van der Waals surface area contributed by atoms with Gasteiger partial charge < -0.3 is 10.0 Å². The Morgan fingerprint density at radius 2 is 1.88 bits per heavy atom. The van der Waals surface area contributed by atoms with E-state index in [1.54, 1.807) is 7.05 Å². The lowest BCUT2D eigenvalue weighted by molar-refractivity contribution is -0.135. The second kappa shape index (κ2) is 6.18. The highest BCUT2D eigenvalue weighted by Gasteiger charge is 2.31. The summed E-state index contributed by atoms with van der Waals surface area (Å²) in [7, 11) is 1.66. The number of likely N-dealkylation sites (tertiary alicyclic amines) is 1. The summed E-state index contributed by atoms with van der Waals surface area (Å²) in [6, 6.07) is -0.718. The van der Waals surface area contributed by atoms with Crippen LogP contribution in [0.3, 0.4) is 0 Å². The number of rotatable bonds is 2. The molecule has 1 unspecified atom stereocenters. The summed E-state index contributed by atoms with van der Waals surface area (Å²) in [6.45, 7) is 1.44. The molecular formula is C18H20N4O4. The Morgan fingerprint density at radius 1 is 1.15 bits per heavy atom. The Morgan fingerprint density at radius 3 is 2.58 bits per heavy atom. The zero-order valence-corrected chi connectivity index (χ0v) is 14.5. The van der Waals surface area contributed by atoms with Crippen LogP contribution in [0.2, 0.25) is 0 Å². The Bertz CT molecular complexity index is 1040. The molecule has 136 valence electrons. The van der Waals surface area contributed by atoms with Gasteiger partial charge in [-0.15, -0.1) is 0 Å². The molecule has 8 nitrogen and oxygen atoms in total. The van der Waals surface area contributed by atoms with Gasteiger partial charge in [-0.3, -0.25) is 24.0 Å². The standard InChI is InChI=1S/C18H20N4O4/c1-20-15-10-11(21-8-6-12(23)7-9-21)2-3-13(15)22(18(20)26)14-4-5-16(24)19-17(14)25/h10,12,14,23H,4-9H2,1H3,(H,19,24,25). The third-order valence-corrected chi connectivity index (χ3v) is 5.25. The highest BCUT2D eigenvalue weighted by atomic mass is 16.3. The van der Waals surface area contributed by atoms with Crippen molar-refractivity contribution in [2.75, 3.05) is 13.1 Å². The molecule has 3 aliphatic rings. The van der Waals surface area contributed by atoms with E-state index in [2.05, 4.69) is 21.7 Å². The van der Waals surface area contributed by atoms with E-state index in [0.717, 1.165) is 18.8 Å². The molecule has 0 radical (unpaired) electrons. The first-order chi connectivity index (χ1) is 12.5. The van der Waals surface area contributed by atoms with Crippen molar-refractivity contribution in [2.45, 2.75) is 37.8 Å². The number of nitrogens with one attached hydrogen (secondary N) is 1. The predicted octanol–water partition coefficient (Wildman–Crippen LogP) is -2.17. The Labute approximate surface area is 149 Å². The van der Waals surface area contributed by atoms with Gasteiger partial charge in [0.25, 0.3) is 0 Å². The number of aromatic nitrogens is 2. The van der Waals surface area contributed by atoms with Crippen molar-refractivity contribution >= 4 is 23.6 Å². The van der Waals surface area contributed by atoms with Crippen LogP contribution in [0.25, 0.3) is 11.8 Å². The maximum atomic E-state index is 12.7. The van der Waals surface area contributed by atoms with Crippen LogP contribution in [0.4, 0.5) is 0 Å². The van der Waals surface area contributed by atoms with Gasteiger partial charge in [0.1, 0.15) is 11.4 Å². The molecule has 1 aromatic rings. The number of aliphatic hydroxyl groups excluding tert-OH is 1. The molecule has 2 aliphatic heterocycles. The zero-order valence-electron chi connectivity index (χ0n) is 14.5. The molecule has 0 bridgehead atoms. The number of piperidine rings is 2. The van der Waals surface area contributed by atoms with E-state index in [-0.39, 0.29) is 24.1 Å². The predicted molar refractivity (Wildman–Crippen MR) is 92.1 cm³/mol. The molecule has 4 rings (SSSR count). The largest absolute Gasteiger partial charge is 0.393 e. The third-order valence-electron chi connectivity index (χ3n) is 5.25. The first kappa shape index (κ1) is 16.7. The van der Waals surface area contributed by atoms with Gasteiger partial charge in [0.15, 0.2) is 0 Å². The van der Waals surface area contributed by atoms with Crippen molar-refractivity contribution in [3.8, 4) is 0 Å². The van der Waals surface area contributed by atoms with Gasteiger partial charge in [-0.2, -0.15) is 0 Å². The summed E-state index contributed by atoms with van der Waals surface area (Å²) >= 11 is 0. The van der Waals surface area contributed by atoms with Crippen molar-refractivity contribution in [3.05, 3.63) is 32.6 Å². The molecule has 0 spiro atoms. The third kappa shape index (κ3) is 2.65. The second-order valence-corrected chi connectivity index (χ2v) is 6.91. The molecule has 2 fully saturated rings. The second-order valence-electron chi connectivity index (χ2n) is 6.91. The maximum absolute atomic E-state index is 12.7. The lowest BCUT2D eigenvalue weighted by Crippen LogP contribution is -2.47. The summed E-state index contributed by atoms with van der Waals surface area (Å²) in [5.41, 5.74) is 6.63. The minimum absolute atomic E-state index is 0.205. The number of aliphatic hydroxyl groups is 1. The normalized spacial score (nSPS) is 23.1. The summed E-state index contributed by atoms with van der Waals surface area (Å²) in [5.74, 6) is -0.775. The molecule has 0 saturated carbocycles. The molecule has 2 amide bonds. The van der Waals surface area contributed by atoms with Gasteiger partial charge in [0.05, 0.1) is 17.2 Å².